The molecule has 1 nitrogen and oxygen atoms in total. The van der Waals surface area contributed by atoms with E-state index in [1.165, 1.54) is 37.7 Å². The van der Waals surface area contributed by atoms with Crippen molar-refractivity contribution in [3.63, 3.8) is 0 Å². The molecule has 3 rings (SSSR count). The fraction of sp³-hybridized carbons (Fsp3) is 0.571. The molecule has 16 heavy (non-hydrogen) atoms. The molecule has 1 aliphatic heterocycles. The Morgan fingerprint density at radius 2 is 1.94 bits per heavy atom. The Balaban J connectivity index is 1.99. The van der Waals surface area contributed by atoms with E-state index in [1.54, 1.807) is 11.1 Å². The van der Waals surface area contributed by atoms with Crippen molar-refractivity contribution in [1.82, 2.24) is 5.32 Å². The lowest BCUT2D eigenvalue weighted by Gasteiger charge is -2.25. The fourth-order valence-corrected chi connectivity index (χ4v) is 3.45. The Labute approximate surface area is 102 Å². The van der Waals surface area contributed by atoms with E-state index >= 15 is 0 Å². The van der Waals surface area contributed by atoms with Crippen LogP contribution in [0.25, 0.3) is 0 Å². The Morgan fingerprint density at radius 3 is 2.75 bits per heavy atom. The highest BCUT2D eigenvalue weighted by Gasteiger charge is 2.22. The summed E-state index contributed by atoms with van der Waals surface area (Å²) in [5.41, 5.74) is 4.69. The van der Waals surface area contributed by atoms with E-state index in [1.807, 2.05) is 0 Å². The molecule has 0 atom stereocenters. The number of hydrogen-bond donors (Lipinski definition) is 1. The minimum absolute atomic E-state index is 0.742. The quantitative estimate of drug-likeness (QED) is 0.788. The molecule has 1 saturated heterocycles. The van der Waals surface area contributed by atoms with Gasteiger partial charge in [0.2, 0.25) is 0 Å². The van der Waals surface area contributed by atoms with E-state index < -0.39 is 0 Å². The van der Waals surface area contributed by atoms with Gasteiger partial charge in [0.1, 0.15) is 0 Å². The number of piperidine rings is 1. The van der Waals surface area contributed by atoms with Crippen molar-refractivity contribution in [3.8, 4) is 0 Å². The van der Waals surface area contributed by atoms with Gasteiger partial charge in [0, 0.05) is 5.02 Å². The van der Waals surface area contributed by atoms with Gasteiger partial charge in [-0.15, -0.1) is 0 Å². The molecule has 0 amide bonds. The number of rotatable bonds is 1. The minimum atomic E-state index is 0.742. The predicted octanol–water partition coefficient (Wildman–Crippen LogP) is 3.30. The first-order valence-corrected chi connectivity index (χ1v) is 6.74. The van der Waals surface area contributed by atoms with E-state index in [-0.39, 0.29) is 0 Å². The van der Waals surface area contributed by atoms with Crippen LogP contribution in [-0.4, -0.2) is 13.1 Å². The molecule has 1 aromatic carbocycles. The van der Waals surface area contributed by atoms with E-state index in [4.69, 9.17) is 11.6 Å². The van der Waals surface area contributed by atoms with Gasteiger partial charge < -0.3 is 5.32 Å². The normalized spacial score (nSPS) is 21.1. The Kier molecular flexibility index (Phi) is 2.91. The first-order valence-electron chi connectivity index (χ1n) is 6.36. The molecule has 0 radical (unpaired) electrons. The molecule has 0 spiro atoms. The van der Waals surface area contributed by atoms with Crippen molar-refractivity contribution >= 4 is 11.6 Å². The Hall–Kier alpha value is -0.530. The third-order valence-corrected chi connectivity index (χ3v) is 4.21. The molecule has 0 unspecified atom stereocenters. The standard InChI is InChI=1S/C14H18ClN/c15-12-8-11-2-1-3-13(11)14(9-12)10-4-6-16-7-5-10/h8-10,16H,1-7H2. The zero-order valence-corrected chi connectivity index (χ0v) is 10.3. The van der Waals surface area contributed by atoms with Crippen molar-refractivity contribution in [2.45, 2.75) is 38.0 Å². The zero-order chi connectivity index (χ0) is 11.0. The topological polar surface area (TPSA) is 12.0 Å². The number of halogens is 1. The molecule has 0 bridgehead atoms. The van der Waals surface area contributed by atoms with Crippen LogP contribution in [0.2, 0.25) is 5.02 Å². The van der Waals surface area contributed by atoms with Crippen LogP contribution in [0, 0.1) is 0 Å². The monoisotopic (exact) mass is 235 g/mol. The second-order valence-corrected chi connectivity index (χ2v) is 5.45. The Morgan fingerprint density at radius 1 is 1.12 bits per heavy atom. The molecule has 0 saturated carbocycles. The SMILES string of the molecule is Clc1cc2c(c(C3CCNCC3)c1)CCC2. The fourth-order valence-electron chi connectivity index (χ4n) is 3.20. The van der Waals surface area contributed by atoms with E-state index in [0.29, 0.717) is 0 Å². The van der Waals surface area contributed by atoms with Gasteiger partial charge in [-0.3, -0.25) is 0 Å². The summed E-state index contributed by atoms with van der Waals surface area (Å²) in [6.07, 6.45) is 6.35. The third kappa shape index (κ3) is 1.87. The number of hydrogen-bond acceptors (Lipinski definition) is 1. The number of nitrogens with one attached hydrogen (secondary N) is 1. The molecule has 2 aliphatic rings. The minimum Gasteiger partial charge on any atom is -0.317 e. The third-order valence-electron chi connectivity index (χ3n) is 3.99. The highest BCUT2D eigenvalue weighted by Crippen LogP contribution is 2.36. The lowest BCUT2D eigenvalue weighted by Crippen LogP contribution is -2.27. The lowest BCUT2D eigenvalue weighted by molar-refractivity contribution is 0.458. The summed E-state index contributed by atoms with van der Waals surface area (Å²) < 4.78 is 0. The summed E-state index contributed by atoms with van der Waals surface area (Å²) in [5.74, 6) is 0.742. The van der Waals surface area contributed by atoms with Crippen LogP contribution >= 0.6 is 11.6 Å². The van der Waals surface area contributed by atoms with Gasteiger partial charge in [-0.25, -0.2) is 0 Å². The number of aryl methyl sites for hydroxylation is 1. The van der Waals surface area contributed by atoms with Crippen LogP contribution in [0.5, 0.6) is 0 Å². The summed E-state index contributed by atoms with van der Waals surface area (Å²) in [6.45, 7) is 2.32. The molecule has 0 aromatic heterocycles. The smallest absolute Gasteiger partial charge is 0.0411 e. The molecule has 1 aliphatic carbocycles. The van der Waals surface area contributed by atoms with Crippen LogP contribution in [0.4, 0.5) is 0 Å². The lowest BCUT2D eigenvalue weighted by atomic mass is 9.86. The highest BCUT2D eigenvalue weighted by molar-refractivity contribution is 6.30. The average Bonchev–Trinajstić information content (AvgIpc) is 2.77. The van der Waals surface area contributed by atoms with Crippen LogP contribution in [0.3, 0.4) is 0 Å². The van der Waals surface area contributed by atoms with Crippen LogP contribution in [0.1, 0.15) is 41.9 Å². The zero-order valence-electron chi connectivity index (χ0n) is 9.56. The van der Waals surface area contributed by atoms with Gasteiger partial charge in [0.15, 0.2) is 0 Å². The molecule has 1 N–H and O–H groups in total. The summed E-state index contributed by atoms with van der Waals surface area (Å²) in [4.78, 5) is 0. The molecular weight excluding hydrogens is 218 g/mol. The summed E-state index contributed by atoms with van der Waals surface area (Å²) in [6, 6.07) is 4.40. The van der Waals surface area contributed by atoms with Gasteiger partial charge in [0.05, 0.1) is 0 Å². The van der Waals surface area contributed by atoms with Crippen molar-refractivity contribution in [2.24, 2.45) is 0 Å². The van der Waals surface area contributed by atoms with E-state index in [2.05, 4.69) is 17.4 Å². The van der Waals surface area contributed by atoms with Crippen LogP contribution in [0.15, 0.2) is 12.1 Å². The molecule has 1 fully saturated rings. The van der Waals surface area contributed by atoms with Gasteiger partial charge in [0.25, 0.3) is 0 Å². The van der Waals surface area contributed by atoms with E-state index in [0.717, 1.165) is 24.0 Å². The van der Waals surface area contributed by atoms with Gasteiger partial charge in [-0.1, -0.05) is 11.6 Å². The Bertz CT molecular complexity index is 394. The molecular formula is C14H18ClN. The van der Waals surface area contributed by atoms with E-state index in [9.17, 15) is 0 Å². The number of benzene rings is 1. The highest BCUT2D eigenvalue weighted by atomic mass is 35.5. The summed E-state index contributed by atoms with van der Waals surface area (Å²) in [5, 5.41) is 4.37. The van der Waals surface area contributed by atoms with Gasteiger partial charge in [-0.2, -0.15) is 0 Å². The molecule has 1 heterocycles. The predicted molar refractivity (Wildman–Crippen MR) is 68.3 cm³/mol. The van der Waals surface area contributed by atoms with Crippen molar-refractivity contribution in [3.05, 3.63) is 33.8 Å². The van der Waals surface area contributed by atoms with Crippen LogP contribution in [-0.2, 0) is 12.8 Å². The average molecular weight is 236 g/mol. The first kappa shape index (κ1) is 10.6. The maximum atomic E-state index is 6.23. The van der Waals surface area contributed by atoms with Crippen molar-refractivity contribution < 1.29 is 0 Å². The molecule has 86 valence electrons. The maximum Gasteiger partial charge on any atom is 0.0411 e. The maximum absolute atomic E-state index is 6.23. The molecule has 2 heteroatoms. The van der Waals surface area contributed by atoms with Crippen molar-refractivity contribution in [1.29, 1.82) is 0 Å². The van der Waals surface area contributed by atoms with Crippen LogP contribution < -0.4 is 5.32 Å². The second kappa shape index (κ2) is 4.38. The first-order chi connectivity index (χ1) is 7.84. The largest absolute Gasteiger partial charge is 0.317 e. The van der Waals surface area contributed by atoms with Gasteiger partial charge >= 0.3 is 0 Å². The second-order valence-electron chi connectivity index (χ2n) is 5.01. The summed E-state index contributed by atoms with van der Waals surface area (Å²) >= 11 is 6.23. The van der Waals surface area contributed by atoms with Crippen molar-refractivity contribution in [2.75, 3.05) is 13.1 Å². The number of fused-ring (bicyclic) bond motifs is 1. The summed E-state index contributed by atoms with van der Waals surface area (Å²) in [7, 11) is 0. The van der Waals surface area contributed by atoms with Gasteiger partial charge in [-0.05, 0) is 79.9 Å². The molecule has 1 aromatic rings.